The maximum atomic E-state index is 12.7. The molecule has 7 heteroatoms. The molecule has 0 saturated carbocycles. The number of thioether (sulfide) groups is 1. The highest BCUT2D eigenvalue weighted by atomic mass is 32.2. The highest BCUT2D eigenvalue weighted by molar-refractivity contribution is 7.98. The topological polar surface area (TPSA) is 52.0 Å². The number of thiophene rings is 2. The first-order valence-electron chi connectivity index (χ1n) is 6.78. The molecule has 0 spiro atoms. The molecule has 22 heavy (non-hydrogen) atoms. The highest BCUT2D eigenvalue weighted by Gasteiger charge is 2.16. The Morgan fingerprint density at radius 1 is 1.45 bits per heavy atom. The first-order chi connectivity index (χ1) is 10.6. The smallest absolute Gasteiger partial charge is 0.263 e. The Bertz CT molecular complexity index is 878. The molecule has 0 fully saturated rings. The van der Waals surface area contributed by atoms with Crippen molar-refractivity contribution in [3.63, 3.8) is 0 Å². The van der Waals surface area contributed by atoms with Crippen LogP contribution >= 0.6 is 34.4 Å². The van der Waals surface area contributed by atoms with E-state index in [-0.39, 0.29) is 17.9 Å². The predicted octanol–water partition coefficient (Wildman–Crippen LogP) is 3.69. The Kier molecular flexibility index (Phi) is 4.46. The van der Waals surface area contributed by atoms with Crippen LogP contribution < -0.4 is 5.56 Å². The van der Waals surface area contributed by atoms with Crippen molar-refractivity contribution >= 4 is 50.4 Å². The second kappa shape index (κ2) is 6.36. The lowest BCUT2D eigenvalue weighted by Crippen LogP contribution is -2.26. The van der Waals surface area contributed by atoms with E-state index in [9.17, 15) is 9.59 Å². The molecule has 0 aliphatic heterocycles. The molecule has 0 atom stereocenters. The quantitative estimate of drug-likeness (QED) is 0.400. The van der Waals surface area contributed by atoms with Crippen molar-refractivity contribution in [3.05, 3.63) is 43.7 Å². The third-order valence-electron chi connectivity index (χ3n) is 3.30. The van der Waals surface area contributed by atoms with Crippen LogP contribution in [0.25, 0.3) is 10.2 Å². The van der Waals surface area contributed by atoms with Crippen molar-refractivity contribution in [2.24, 2.45) is 0 Å². The van der Waals surface area contributed by atoms with Gasteiger partial charge in [-0.15, -0.1) is 22.7 Å². The van der Waals surface area contributed by atoms with Crippen molar-refractivity contribution in [3.8, 4) is 0 Å². The number of aromatic nitrogens is 2. The van der Waals surface area contributed by atoms with E-state index in [1.54, 1.807) is 17.4 Å². The van der Waals surface area contributed by atoms with E-state index in [1.165, 1.54) is 27.7 Å². The Balaban J connectivity index is 2.09. The predicted molar refractivity (Wildman–Crippen MR) is 93.7 cm³/mol. The van der Waals surface area contributed by atoms with Gasteiger partial charge >= 0.3 is 0 Å². The summed E-state index contributed by atoms with van der Waals surface area (Å²) in [6.07, 6.45) is 2.75. The lowest BCUT2D eigenvalue weighted by molar-refractivity contribution is 0.0971. The van der Waals surface area contributed by atoms with Crippen molar-refractivity contribution < 1.29 is 4.79 Å². The number of hydrogen-bond donors (Lipinski definition) is 0. The van der Waals surface area contributed by atoms with Gasteiger partial charge in [-0.3, -0.25) is 14.2 Å². The van der Waals surface area contributed by atoms with Crippen LogP contribution in [-0.2, 0) is 13.0 Å². The molecule has 0 radical (unpaired) electrons. The van der Waals surface area contributed by atoms with Crippen LogP contribution in [-0.4, -0.2) is 21.6 Å². The maximum Gasteiger partial charge on any atom is 0.263 e. The first-order valence-corrected chi connectivity index (χ1v) is 9.70. The zero-order chi connectivity index (χ0) is 15.7. The Morgan fingerprint density at radius 2 is 2.27 bits per heavy atom. The third kappa shape index (κ3) is 2.76. The summed E-state index contributed by atoms with van der Waals surface area (Å²) >= 11 is 4.33. The summed E-state index contributed by atoms with van der Waals surface area (Å²) in [7, 11) is 0. The largest absolute Gasteiger partial charge is 0.291 e. The van der Waals surface area contributed by atoms with E-state index in [4.69, 9.17) is 0 Å². The number of carbonyl (C=O) groups excluding carboxylic acids is 1. The monoisotopic (exact) mass is 350 g/mol. The summed E-state index contributed by atoms with van der Waals surface area (Å²) in [5, 5.41) is 3.06. The van der Waals surface area contributed by atoms with Crippen LogP contribution in [0.5, 0.6) is 0 Å². The average molecular weight is 350 g/mol. The average Bonchev–Trinajstić information content (AvgIpc) is 3.18. The molecule has 0 saturated heterocycles. The lowest BCUT2D eigenvalue weighted by Gasteiger charge is -2.09. The number of carbonyl (C=O) groups is 1. The summed E-state index contributed by atoms with van der Waals surface area (Å²) in [6, 6.07) is 5.51. The zero-order valence-corrected chi connectivity index (χ0v) is 14.6. The van der Waals surface area contributed by atoms with E-state index in [1.807, 2.05) is 23.8 Å². The summed E-state index contributed by atoms with van der Waals surface area (Å²) in [6.45, 7) is 2.09. The number of nitrogens with zero attached hydrogens (tertiary/aromatic N) is 2. The van der Waals surface area contributed by atoms with E-state index < -0.39 is 0 Å². The van der Waals surface area contributed by atoms with Crippen molar-refractivity contribution in [2.75, 3.05) is 6.26 Å². The second-order valence-corrected chi connectivity index (χ2v) is 7.51. The second-order valence-electron chi connectivity index (χ2n) is 4.68. The molecule has 0 aliphatic rings. The van der Waals surface area contributed by atoms with Crippen LogP contribution in [0.4, 0.5) is 0 Å². The van der Waals surface area contributed by atoms with Gasteiger partial charge in [0.05, 0.1) is 16.8 Å². The van der Waals surface area contributed by atoms with E-state index in [0.717, 1.165) is 16.1 Å². The van der Waals surface area contributed by atoms with Crippen LogP contribution in [0.15, 0.2) is 33.5 Å². The molecule has 0 N–H and O–H groups in total. The number of aryl methyl sites for hydroxylation is 1. The molecule has 3 rings (SSSR count). The highest BCUT2D eigenvalue weighted by Crippen LogP contribution is 2.24. The van der Waals surface area contributed by atoms with Crippen LogP contribution in [0.3, 0.4) is 0 Å². The van der Waals surface area contributed by atoms with Crippen LogP contribution in [0.2, 0.25) is 0 Å². The molecule has 3 aromatic heterocycles. The maximum absolute atomic E-state index is 12.7. The standard InChI is InChI=1S/C15H14N2O2S3/c1-3-9-7-10-13(22-9)16-15(20-2)17(14(10)19)8-11(18)12-5-4-6-21-12/h4-7H,3,8H2,1-2H3. The van der Waals surface area contributed by atoms with Gasteiger partial charge in [-0.1, -0.05) is 24.8 Å². The summed E-state index contributed by atoms with van der Waals surface area (Å²) in [4.78, 5) is 32.1. The minimum Gasteiger partial charge on any atom is -0.291 e. The van der Waals surface area contributed by atoms with Crippen molar-refractivity contribution in [2.45, 2.75) is 25.0 Å². The van der Waals surface area contributed by atoms with Gasteiger partial charge in [-0.2, -0.15) is 0 Å². The molecule has 3 heterocycles. The molecular weight excluding hydrogens is 336 g/mol. The van der Waals surface area contributed by atoms with E-state index >= 15 is 0 Å². The van der Waals surface area contributed by atoms with Crippen LogP contribution in [0.1, 0.15) is 21.5 Å². The number of Topliss-reactive ketones (excluding diaryl/α,β-unsaturated/α-hetero) is 1. The third-order valence-corrected chi connectivity index (χ3v) is 6.06. The zero-order valence-electron chi connectivity index (χ0n) is 12.2. The lowest BCUT2D eigenvalue weighted by atomic mass is 10.3. The minimum absolute atomic E-state index is 0.0375. The summed E-state index contributed by atoms with van der Waals surface area (Å²) in [5.74, 6) is -0.0560. The molecule has 114 valence electrons. The molecule has 0 unspecified atom stereocenters. The molecule has 0 amide bonds. The summed E-state index contributed by atoms with van der Waals surface area (Å²) in [5.41, 5.74) is -0.129. The minimum atomic E-state index is -0.129. The van der Waals surface area contributed by atoms with Crippen LogP contribution in [0, 0.1) is 0 Å². The Morgan fingerprint density at radius 3 is 2.91 bits per heavy atom. The van der Waals surface area contributed by atoms with Gasteiger partial charge in [-0.05, 0) is 30.2 Å². The normalized spacial score (nSPS) is 11.2. The Hall–Kier alpha value is -1.44. The molecule has 0 aliphatic carbocycles. The fraction of sp³-hybridized carbons (Fsp3) is 0.267. The van der Waals surface area contributed by atoms with Gasteiger partial charge in [0.25, 0.3) is 5.56 Å². The van der Waals surface area contributed by atoms with Crippen molar-refractivity contribution in [1.82, 2.24) is 9.55 Å². The fourth-order valence-corrected chi connectivity index (χ4v) is 4.40. The number of hydrogen-bond acceptors (Lipinski definition) is 6. The molecule has 0 aromatic carbocycles. The fourth-order valence-electron chi connectivity index (χ4n) is 2.18. The van der Waals surface area contributed by atoms with Crippen molar-refractivity contribution in [1.29, 1.82) is 0 Å². The first kappa shape index (κ1) is 15.5. The molecular formula is C15H14N2O2S3. The van der Waals surface area contributed by atoms with Gasteiger partial charge in [-0.25, -0.2) is 4.98 Å². The van der Waals surface area contributed by atoms with Gasteiger partial charge < -0.3 is 0 Å². The Labute approximate surface area is 139 Å². The molecule has 3 aromatic rings. The van der Waals surface area contributed by atoms with Gasteiger partial charge in [0.15, 0.2) is 10.9 Å². The number of rotatable bonds is 5. The SMILES string of the molecule is CCc1cc2c(=O)n(CC(=O)c3cccs3)c(SC)nc2s1. The summed E-state index contributed by atoms with van der Waals surface area (Å²) < 4.78 is 1.49. The van der Waals surface area contributed by atoms with E-state index in [0.29, 0.717) is 15.4 Å². The number of ketones is 1. The van der Waals surface area contributed by atoms with Gasteiger partial charge in [0.1, 0.15) is 4.83 Å². The van der Waals surface area contributed by atoms with E-state index in [2.05, 4.69) is 11.9 Å². The molecule has 4 nitrogen and oxygen atoms in total. The molecule has 0 bridgehead atoms. The number of fused-ring (bicyclic) bond motifs is 1. The van der Waals surface area contributed by atoms with Gasteiger partial charge in [0, 0.05) is 4.88 Å². The van der Waals surface area contributed by atoms with Gasteiger partial charge in [0.2, 0.25) is 0 Å².